The topological polar surface area (TPSA) is 115 Å². The molecule has 0 saturated carbocycles. The number of nitrogens with one attached hydrogen (secondary N) is 1. The number of hydrogen-bond acceptors (Lipinski definition) is 8. The van der Waals surface area contributed by atoms with E-state index in [0.29, 0.717) is 34.4 Å². The standard InChI is InChI=1S/C21H22N2O6S2/c1-14(7-9-24)28-17-11-15(20(25)23-21-22-8-10-30-21)12-18(13-17)29-16-3-5-19(6-4-16)31(2,26)27/h3-6,8,10-14,24H,7,9H2,1-2H3,(H,22,23,25). The van der Waals surface area contributed by atoms with E-state index in [1.165, 1.54) is 35.6 Å². The Bertz CT molecular complexity index is 1130. The lowest BCUT2D eigenvalue weighted by Gasteiger charge is -2.16. The highest BCUT2D eigenvalue weighted by molar-refractivity contribution is 7.90. The van der Waals surface area contributed by atoms with E-state index in [4.69, 9.17) is 14.6 Å². The Balaban J connectivity index is 1.87. The zero-order valence-electron chi connectivity index (χ0n) is 16.9. The van der Waals surface area contributed by atoms with E-state index in [-0.39, 0.29) is 23.5 Å². The molecule has 0 aliphatic carbocycles. The predicted octanol–water partition coefficient (Wildman–Crippen LogP) is 3.74. The van der Waals surface area contributed by atoms with Crippen molar-refractivity contribution in [3.63, 3.8) is 0 Å². The lowest BCUT2D eigenvalue weighted by Crippen LogP contribution is -2.15. The Hall–Kier alpha value is -2.95. The van der Waals surface area contributed by atoms with Crippen LogP contribution in [0, 0.1) is 0 Å². The number of aliphatic hydroxyl groups is 1. The van der Waals surface area contributed by atoms with Crippen LogP contribution in [0.5, 0.6) is 17.2 Å². The summed E-state index contributed by atoms with van der Waals surface area (Å²) in [5.74, 6) is 0.757. The second kappa shape index (κ2) is 9.90. The molecular formula is C21H22N2O6S2. The lowest BCUT2D eigenvalue weighted by molar-refractivity contribution is 0.102. The molecule has 1 aromatic heterocycles. The van der Waals surface area contributed by atoms with Gasteiger partial charge < -0.3 is 14.6 Å². The van der Waals surface area contributed by atoms with Crippen LogP contribution in [0.3, 0.4) is 0 Å². The molecule has 0 fully saturated rings. The first-order valence-corrected chi connectivity index (χ1v) is 12.1. The van der Waals surface area contributed by atoms with Crippen molar-refractivity contribution in [2.45, 2.75) is 24.3 Å². The number of nitrogens with zero attached hydrogens (tertiary/aromatic N) is 1. The maximum atomic E-state index is 12.7. The molecule has 0 aliphatic rings. The zero-order chi connectivity index (χ0) is 22.4. The van der Waals surface area contributed by atoms with Crippen LogP contribution in [0.4, 0.5) is 5.13 Å². The summed E-state index contributed by atoms with van der Waals surface area (Å²) in [4.78, 5) is 16.9. The molecule has 0 radical (unpaired) electrons. The van der Waals surface area contributed by atoms with Crippen LogP contribution in [-0.2, 0) is 9.84 Å². The number of carbonyl (C=O) groups is 1. The molecule has 1 amide bonds. The fourth-order valence-corrected chi connectivity index (χ4v) is 3.80. The maximum absolute atomic E-state index is 12.7. The Kier molecular flexibility index (Phi) is 7.26. The number of aliphatic hydroxyl groups excluding tert-OH is 1. The monoisotopic (exact) mass is 462 g/mol. The normalized spacial score (nSPS) is 12.2. The van der Waals surface area contributed by atoms with Crippen molar-refractivity contribution in [2.24, 2.45) is 0 Å². The molecule has 3 aromatic rings. The van der Waals surface area contributed by atoms with Gasteiger partial charge in [-0.1, -0.05) is 0 Å². The molecule has 31 heavy (non-hydrogen) atoms. The highest BCUT2D eigenvalue weighted by Gasteiger charge is 2.14. The highest BCUT2D eigenvalue weighted by atomic mass is 32.2. The minimum Gasteiger partial charge on any atom is -0.490 e. The SMILES string of the molecule is CC(CCO)Oc1cc(Oc2ccc(S(C)(=O)=O)cc2)cc(C(=O)Nc2nccs2)c1. The minimum atomic E-state index is -3.31. The third kappa shape index (κ3) is 6.51. The van der Waals surface area contributed by atoms with Crippen LogP contribution in [0.15, 0.2) is 58.9 Å². The smallest absolute Gasteiger partial charge is 0.257 e. The summed E-state index contributed by atoms with van der Waals surface area (Å²) >= 11 is 1.30. The number of rotatable bonds is 9. The molecule has 2 N–H and O–H groups in total. The van der Waals surface area contributed by atoms with E-state index >= 15 is 0 Å². The Morgan fingerprint density at radius 3 is 2.48 bits per heavy atom. The van der Waals surface area contributed by atoms with E-state index < -0.39 is 9.84 Å². The van der Waals surface area contributed by atoms with Gasteiger partial charge in [0.15, 0.2) is 15.0 Å². The molecular weight excluding hydrogens is 440 g/mol. The molecule has 2 aromatic carbocycles. The van der Waals surface area contributed by atoms with Gasteiger partial charge in [0.2, 0.25) is 0 Å². The molecule has 0 aliphatic heterocycles. The fourth-order valence-electron chi connectivity index (χ4n) is 2.65. The van der Waals surface area contributed by atoms with Gasteiger partial charge in [0, 0.05) is 42.5 Å². The van der Waals surface area contributed by atoms with Gasteiger partial charge >= 0.3 is 0 Å². The third-order valence-electron chi connectivity index (χ3n) is 4.16. The molecule has 0 bridgehead atoms. The average Bonchev–Trinajstić information content (AvgIpc) is 3.20. The molecule has 8 nitrogen and oxygen atoms in total. The van der Waals surface area contributed by atoms with Gasteiger partial charge in [-0.2, -0.15) is 0 Å². The summed E-state index contributed by atoms with van der Waals surface area (Å²) in [5, 5.41) is 14.0. The summed E-state index contributed by atoms with van der Waals surface area (Å²) in [6.07, 6.45) is 2.87. The fraction of sp³-hybridized carbons (Fsp3) is 0.238. The lowest BCUT2D eigenvalue weighted by atomic mass is 10.2. The van der Waals surface area contributed by atoms with Gasteiger partial charge in [0.05, 0.1) is 11.0 Å². The van der Waals surface area contributed by atoms with Crippen molar-refractivity contribution in [2.75, 3.05) is 18.2 Å². The summed E-state index contributed by atoms with van der Waals surface area (Å²) in [6, 6.07) is 10.7. The number of anilines is 1. The van der Waals surface area contributed by atoms with E-state index in [2.05, 4.69) is 10.3 Å². The van der Waals surface area contributed by atoms with Crippen molar-refractivity contribution in [1.29, 1.82) is 0 Å². The first kappa shape index (κ1) is 22.7. The summed E-state index contributed by atoms with van der Waals surface area (Å²) in [6.45, 7) is 1.78. The van der Waals surface area contributed by atoms with E-state index in [1.807, 2.05) is 6.92 Å². The summed E-state index contributed by atoms with van der Waals surface area (Å²) < 4.78 is 34.9. The minimum absolute atomic E-state index is 0.0264. The van der Waals surface area contributed by atoms with Gasteiger partial charge in [-0.05, 0) is 43.3 Å². The summed E-state index contributed by atoms with van der Waals surface area (Å²) in [5.41, 5.74) is 0.298. The number of sulfone groups is 1. The van der Waals surface area contributed by atoms with Crippen molar-refractivity contribution in [3.8, 4) is 17.2 Å². The van der Waals surface area contributed by atoms with Crippen LogP contribution < -0.4 is 14.8 Å². The first-order chi connectivity index (χ1) is 14.7. The molecule has 0 saturated heterocycles. The number of aromatic nitrogens is 1. The Morgan fingerprint density at radius 2 is 1.87 bits per heavy atom. The van der Waals surface area contributed by atoms with Gasteiger partial charge in [-0.3, -0.25) is 10.1 Å². The average molecular weight is 463 g/mol. The van der Waals surface area contributed by atoms with Crippen LogP contribution >= 0.6 is 11.3 Å². The molecule has 10 heteroatoms. The van der Waals surface area contributed by atoms with Gasteiger partial charge in [0.1, 0.15) is 17.2 Å². The molecule has 0 spiro atoms. The van der Waals surface area contributed by atoms with E-state index in [1.54, 1.807) is 29.8 Å². The number of amides is 1. The number of ether oxygens (including phenoxy) is 2. The van der Waals surface area contributed by atoms with Crippen LogP contribution in [0.2, 0.25) is 0 Å². The first-order valence-electron chi connectivity index (χ1n) is 9.36. The van der Waals surface area contributed by atoms with Crippen molar-refractivity contribution >= 4 is 32.2 Å². The number of hydrogen-bond donors (Lipinski definition) is 2. The predicted molar refractivity (Wildman–Crippen MR) is 118 cm³/mol. The van der Waals surface area contributed by atoms with Gasteiger partial charge in [0.25, 0.3) is 5.91 Å². The van der Waals surface area contributed by atoms with Crippen molar-refractivity contribution in [1.82, 2.24) is 4.98 Å². The van der Waals surface area contributed by atoms with Crippen LogP contribution in [0.1, 0.15) is 23.7 Å². The third-order valence-corrected chi connectivity index (χ3v) is 5.97. The molecule has 1 atom stereocenters. The van der Waals surface area contributed by atoms with Gasteiger partial charge in [-0.15, -0.1) is 11.3 Å². The van der Waals surface area contributed by atoms with Crippen molar-refractivity contribution in [3.05, 3.63) is 59.6 Å². The van der Waals surface area contributed by atoms with Crippen molar-refractivity contribution < 1.29 is 27.8 Å². The van der Waals surface area contributed by atoms with Crippen LogP contribution in [0.25, 0.3) is 0 Å². The van der Waals surface area contributed by atoms with Crippen LogP contribution in [-0.4, -0.2) is 43.4 Å². The molecule has 1 unspecified atom stereocenters. The van der Waals surface area contributed by atoms with E-state index in [9.17, 15) is 13.2 Å². The Labute approximate surface area is 184 Å². The maximum Gasteiger partial charge on any atom is 0.257 e. The largest absolute Gasteiger partial charge is 0.490 e. The number of thiazole rings is 1. The molecule has 3 rings (SSSR count). The quantitative estimate of drug-likeness (QED) is 0.498. The van der Waals surface area contributed by atoms with Gasteiger partial charge in [-0.25, -0.2) is 13.4 Å². The zero-order valence-corrected chi connectivity index (χ0v) is 18.6. The van der Waals surface area contributed by atoms with E-state index in [0.717, 1.165) is 6.26 Å². The second-order valence-electron chi connectivity index (χ2n) is 6.77. The number of benzene rings is 2. The molecule has 164 valence electrons. The Morgan fingerprint density at radius 1 is 1.16 bits per heavy atom. The second-order valence-corrected chi connectivity index (χ2v) is 9.68. The number of carbonyl (C=O) groups excluding carboxylic acids is 1. The summed E-state index contributed by atoms with van der Waals surface area (Å²) in [7, 11) is -3.31. The molecule has 1 heterocycles. The highest BCUT2D eigenvalue weighted by Crippen LogP contribution is 2.29.